The third-order valence-electron chi connectivity index (χ3n) is 17.7. The third-order valence-corrected chi connectivity index (χ3v) is 17.7. The summed E-state index contributed by atoms with van der Waals surface area (Å²) in [5.41, 5.74) is 18.5. The first-order chi connectivity index (χ1) is 42.6. The van der Waals surface area contributed by atoms with Gasteiger partial charge in [-0.25, -0.2) is 0 Å². The van der Waals surface area contributed by atoms with E-state index in [0.29, 0.717) is 0 Å². The summed E-state index contributed by atoms with van der Waals surface area (Å²) < 4.78 is 12.3. The fraction of sp³-hybridized carbons (Fsp3) is 0. The molecule has 0 amide bonds. The highest BCUT2D eigenvalue weighted by Gasteiger charge is 2.21. The van der Waals surface area contributed by atoms with Crippen LogP contribution in [0.5, 0.6) is 0 Å². The highest BCUT2D eigenvalue weighted by Crippen LogP contribution is 2.48. The summed E-state index contributed by atoms with van der Waals surface area (Å²) in [5.74, 6) is 0. The third kappa shape index (κ3) is 8.18. The van der Waals surface area contributed by atoms with Crippen LogP contribution < -0.4 is 0 Å². The number of furan rings is 2. The first-order valence-electron chi connectivity index (χ1n) is 29.5. The molecule has 0 spiro atoms. The van der Waals surface area contributed by atoms with Gasteiger partial charge in [0, 0.05) is 21.5 Å². The Kier molecular flexibility index (Phi) is 11.6. The number of para-hydroxylation sites is 2. The van der Waals surface area contributed by atoms with Gasteiger partial charge in [0.25, 0.3) is 0 Å². The Morgan fingerprint density at radius 1 is 0.151 bits per heavy atom. The summed E-state index contributed by atoms with van der Waals surface area (Å²) >= 11 is 0. The maximum absolute atomic E-state index is 6.17. The van der Waals surface area contributed by atoms with Gasteiger partial charge in [0.1, 0.15) is 22.3 Å². The molecule has 2 heterocycles. The second-order valence-corrected chi connectivity index (χ2v) is 22.5. The maximum atomic E-state index is 6.17. The van der Waals surface area contributed by atoms with Gasteiger partial charge in [-0.15, -0.1) is 0 Å². The zero-order valence-electron chi connectivity index (χ0n) is 46.8. The molecule has 2 aromatic heterocycles. The van der Waals surface area contributed by atoms with Crippen molar-refractivity contribution in [2.24, 2.45) is 0 Å². The van der Waals surface area contributed by atoms with Crippen molar-refractivity contribution in [1.29, 1.82) is 0 Å². The zero-order chi connectivity index (χ0) is 56.7. The van der Waals surface area contributed by atoms with Crippen LogP contribution in [-0.2, 0) is 0 Å². The van der Waals surface area contributed by atoms with Crippen LogP contribution >= 0.6 is 0 Å². The van der Waals surface area contributed by atoms with Crippen molar-refractivity contribution in [3.63, 3.8) is 0 Å². The molecule has 0 aliphatic heterocycles. The van der Waals surface area contributed by atoms with Crippen molar-refractivity contribution in [2.75, 3.05) is 0 Å². The molecule has 0 unspecified atom stereocenters. The SMILES string of the molecule is c1cc(-c2cccc3ccccc23)cc(-c2c3ccccc3c(-c3ccc4oc5ccccc5c4c3)c3ccccc23)c1.c1ccc2cc(-c3ccc(-c4c5ccccc5c(-c5ccc6oc7ccccc7c6c5)c5ccccc45)cc3)ccc2c1. The van der Waals surface area contributed by atoms with E-state index >= 15 is 0 Å². The predicted octanol–water partition coefficient (Wildman–Crippen LogP) is 24.1. The molecule has 0 fully saturated rings. The molecular formula is C84H52O2. The molecule has 18 rings (SSSR count). The van der Waals surface area contributed by atoms with Gasteiger partial charge in [-0.05, 0) is 180 Å². The lowest BCUT2D eigenvalue weighted by Gasteiger charge is -2.18. The molecule has 0 radical (unpaired) electrons. The highest BCUT2D eigenvalue weighted by atomic mass is 16.3. The van der Waals surface area contributed by atoms with Gasteiger partial charge in [-0.1, -0.05) is 267 Å². The van der Waals surface area contributed by atoms with Crippen LogP contribution in [0.1, 0.15) is 0 Å². The van der Waals surface area contributed by atoms with Crippen molar-refractivity contribution in [3.8, 4) is 66.8 Å². The second-order valence-electron chi connectivity index (χ2n) is 22.5. The van der Waals surface area contributed by atoms with Gasteiger partial charge in [0.15, 0.2) is 0 Å². The lowest BCUT2D eigenvalue weighted by Crippen LogP contribution is -1.91. The predicted molar refractivity (Wildman–Crippen MR) is 365 cm³/mol. The van der Waals surface area contributed by atoms with Gasteiger partial charge in [0.05, 0.1) is 0 Å². The van der Waals surface area contributed by atoms with Crippen molar-refractivity contribution in [1.82, 2.24) is 0 Å². The van der Waals surface area contributed by atoms with Gasteiger partial charge in [-0.3, -0.25) is 0 Å². The van der Waals surface area contributed by atoms with Crippen molar-refractivity contribution < 1.29 is 8.83 Å². The minimum Gasteiger partial charge on any atom is -0.456 e. The Morgan fingerprint density at radius 3 is 1.00 bits per heavy atom. The van der Waals surface area contributed by atoms with Crippen molar-refractivity contribution in [3.05, 3.63) is 315 Å². The molecular weight excluding hydrogens is 1040 g/mol. The minimum atomic E-state index is 0.917. The van der Waals surface area contributed by atoms with E-state index in [4.69, 9.17) is 8.83 Å². The number of rotatable bonds is 6. The van der Waals surface area contributed by atoms with E-state index in [-0.39, 0.29) is 0 Å². The number of fused-ring (bicyclic) bond motifs is 12. The van der Waals surface area contributed by atoms with Crippen LogP contribution in [0.2, 0.25) is 0 Å². The van der Waals surface area contributed by atoms with Gasteiger partial charge >= 0.3 is 0 Å². The molecule has 0 aliphatic carbocycles. The average Bonchev–Trinajstić information content (AvgIpc) is 1.01. The molecule has 0 saturated carbocycles. The fourth-order valence-electron chi connectivity index (χ4n) is 13.8. The summed E-state index contributed by atoms with van der Waals surface area (Å²) in [6.45, 7) is 0. The smallest absolute Gasteiger partial charge is 0.135 e. The largest absolute Gasteiger partial charge is 0.456 e. The van der Waals surface area contributed by atoms with Gasteiger partial charge < -0.3 is 8.83 Å². The fourth-order valence-corrected chi connectivity index (χ4v) is 13.8. The maximum Gasteiger partial charge on any atom is 0.135 e. The zero-order valence-corrected chi connectivity index (χ0v) is 46.8. The van der Waals surface area contributed by atoms with Crippen molar-refractivity contribution >= 4 is 109 Å². The topological polar surface area (TPSA) is 26.3 Å². The van der Waals surface area contributed by atoms with E-state index in [9.17, 15) is 0 Å². The molecule has 2 nitrogen and oxygen atoms in total. The lowest BCUT2D eigenvalue weighted by atomic mass is 9.85. The average molecular weight is 1090 g/mol. The first kappa shape index (κ1) is 49.3. The van der Waals surface area contributed by atoms with E-state index in [1.807, 2.05) is 24.3 Å². The Balaban J connectivity index is 0.000000134. The molecule has 0 aliphatic rings. The molecule has 16 aromatic carbocycles. The van der Waals surface area contributed by atoms with Crippen LogP contribution in [-0.4, -0.2) is 0 Å². The normalized spacial score (nSPS) is 11.7. The van der Waals surface area contributed by atoms with Gasteiger partial charge in [0.2, 0.25) is 0 Å². The Labute approximate surface area is 496 Å². The number of hydrogen-bond acceptors (Lipinski definition) is 2. The van der Waals surface area contributed by atoms with Crippen molar-refractivity contribution in [2.45, 2.75) is 0 Å². The molecule has 0 bridgehead atoms. The number of benzene rings is 16. The standard InChI is InChI=1S/2C42H26O/c1-2-15-31-27(11-1)12-10-21-32(31)28-13-9-14-29(25-28)41-34-17-3-5-19-36(34)42(37-20-6-4-18-35(37)41)30-23-24-40-38(26-30)33-16-7-8-22-39(33)43-40;1-2-10-30-25-31(22-19-27(30)9-1)28-17-20-29(21-18-28)41-34-12-3-5-14-36(34)42(37-15-6-4-13-35(37)41)32-23-24-40-38(26-32)33-11-7-8-16-39(33)43-40/h2*1-26H. The van der Waals surface area contributed by atoms with Crippen LogP contribution in [0.15, 0.2) is 324 Å². The molecule has 86 heavy (non-hydrogen) atoms. The van der Waals surface area contributed by atoms with E-state index in [0.717, 1.165) is 43.9 Å². The monoisotopic (exact) mass is 1090 g/mol. The summed E-state index contributed by atoms with van der Waals surface area (Å²) in [6.07, 6.45) is 0. The summed E-state index contributed by atoms with van der Waals surface area (Å²) in [6, 6.07) is 114. The van der Waals surface area contributed by atoms with E-state index < -0.39 is 0 Å². The van der Waals surface area contributed by atoms with E-state index in [2.05, 4.69) is 291 Å². The summed E-state index contributed by atoms with van der Waals surface area (Å²) in [5, 5.41) is 19.7. The second kappa shape index (κ2) is 20.2. The van der Waals surface area contributed by atoms with Crippen LogP contribution in [0, 0.1) is 0 Å². The highest BCUT2D eigenvalue weighted by molar-refractivity contribution is 6.24. The van der Waals surface area contributed by atoms with Gasteiger partial charge in [-0.2, -0.15) is 0 Å². The Bertz CT molecular complexity index is 5600. The molecule has 0 atom stereocenters. The number of hydrogen-bond donors (Lipinski definition) is 0. The van der Waals surface area contributed by atoms with Crippen LogP contribution in [0.3, 0.4) is 0 Å². The summed E-state index contributed by atoms with van der Waals surface area (Å²) in [7, 11) is 0. The molecule has 18 aromatic rings. The first-order valence-corrected chi connectivity index (χ1v) is 29.5. The minimum absolute atomic E-state index is 0.917. The van der Waals surface area contributed by atoms with Crippen LogP contribution in [0.25, 0.3) is 175 Å². The van der Waals surface area contributed by atoms with Crippen LogP contribution in [0.4, 0.5) is 0 Å². The summed E-state index contributed by atoms with van der Waals surface area (Å²) in [4.78, 5) is 0. The lowest BCUT2D eigenvalue weighted by molar-refractivity contribution is 0.668. The van der Waals surface area contributed by atoms with E-state index in [1.165, 1.54) is 131 Å². The molecule has 2 heteroatoms. The Morgan fingerprint density at radius 2 is 0.488 bits per heavy atom. The molecule has 0 N–H and O–H groups in total. The molecule has 0 saturated heterocycles. The Hall–Kier alpha value is -11.3. The quantitative estimate of drug-likeness (QED) is 0.155. The van der Waals surface area contributed by atoms with E-state index in [1.54, 1.807) is 0 Å². The molecule has 400 valence electrons.